The zero-order valence-electron chi connectivity index (χ0n) is 18.5. The average molecular weight is 532 g/mol. The van der Waals surface area contributed by atoms with Crippen molar-refractivity contribution in [3.05, 3.63) is 68.9 Å². The number of carbonyl (C=O) groups excluding carboxylic acids is 1. The normalized spacial score (nSPS) is 16.7. The number of anilines is 1. The summed E-state index contributed by atoms with van der Waals surface area (Å²) in [4.78, 5) is 31.3. The first-order valence-corrected chi connectivity index (χ1v) is 13.2. The maximum Gasteiger partial charge on any atom is 0.264 e. The quantitative estimate of drug-likeness (QED) is 0.523. The van der Waals surface area contributed by atoms with Crippen molar-refractivity contribution in [2.75, 3.05) is 17.9 Å². The van der Waals surface area contributed by atoms with Gasteiger partial charge < -0.3 is 9.88 Å². The van der Waals surface area contributed by atoms with Gasteiger partial charge in [0.1, 0.15) is 5.56 Å². The molecule has 0 radical (unpaired) electrons. The fourth-order valence-corrected chi connectivity index (χ4v) is 5.80. The van der Waals surface area contributed by atoms with Crippen LogP contribution in [0.5, 0.6) is 0 Å². The highest BCUT2D eigenvalue weighted by atomic mass is 79.9. The molecule has 1 atom stereocenters. The summed E-state index contributed by atoms with van der Waals surface area (Å²) in [6.07, 6.45) is 5.19. The molecule has 2 heterocycles. The van der Waals surface area contributed by atoms with Crippen molar-refractivity contribution in [2.45, 2.75) is 43.5 Å². The number of aromatic nitrogens is 1. The topological polar surface area (TPSA) is 90.6 Å². The molecule has 1 aliphatic rings. The summed E-state index contributed by atoms with van der Waals surface area (Å²) in [5, 5.41) is 0.177. The number of amides is 1. The number of hydrogen-bond acceptors (Lipinski definition) is 4. The molecule has 7 nitrogen and oxygen atoms in total. The number of pyridine rings is 1. The standard InChI is InChI=1S/C24H26BrN3O4S/c1-3-17-6-4-5-13-28(17)24(30)21-15-26-22-12-11-19(14-20(22)23(21)29)33(31,32)27(2)18-9-7-16(25)8-10-18/h7-12,14-15,17H,3-6,13H2,1-2H3,(H,26,29)/t17-/m1/s1. The molecule has 1 saturated heterocycles. The van der Waals surface area contributed by atoms with Gasteiger partial charge >= 0.3 is 0 Å². The molecule has 1 aromatic heterocycles. The van der Waals surface area contributed by atoms with Gasteiger partial charge in [0.2, 0.25) is 5.43 Å². The summed E-state index contributed by atoms with van der Waals surface area (Å²) in [6.45, 7) is 2.67. The van der Waals surface area contributed by atoms with Crippen LogP contribution in [-0.4, -0.2) is 43.8 Å². The summed E-state index contributed by atoms with van der Waals surface area (Å²) in [5.74, 6) is -0.301. The number of fused-ring (bicyclic) bond motifs is 1. The van der Waals surface area contributed by atoms with Crippen LogP contribution in [0.3, 0.4) is 0 Å². The number of benzene rings is 2. The molecule has 0 spiro atoms. The van der Waals surface area contributed by atoms with E-state index in [-0.39, 0.29) is 27.8 Å². The fourth-order valence-electron chi connectivity index (χ4n) is 4.31. The van der Waals surface area contributed by atoms with E-state index in [0.717, 1.165) is 30.2 Å². The van der Waals surface area contributed by atoms with Crippen LogP contribution in [0.2, 0.25) is 0 Å². The third-order valence-electron chi connectivity index (χ3n) is 6.29. The molecule has 0 bridgehead atoms. The first kappa shape index (κ1) is 23.5. The predicted octanol–water partition coefficient (Wildman–Crippen LogP) is 4.52. The summed E-state index contributed by atoms with van der Waals surface area (Å²) in [5.41, 5.74) is 0.551. The molecule has 1 aliphatic heterocycles. The molecule has 1 amide bonds. The van der Waals surface area contributed by atoms with Crippen LogP contribution in [0, 0.1) is 0 Å². The van der Waals surface area contributed by atoms with Crippen molar-refractivity contribution in [3.8, 4) is 0 Å². The molecule has 33 heavy (non-hydrogen) atoms. The number of carbonyl (C=O) groups is 1. The van der Waals surface area contributed by atoms with Gasteiger partial charge in [-0.2, -0.15) is 0 Å². The van der Waals surface area contributed by atoms with E-state index in [4.69, 9.17) is 0 Å². The molecule has 2 aromatic carbocycles. The van der Waals surface area contributed by atoms with Gasteiger partial charge in [0, 0.05) is 41.2 Å². The molecule has 1 N–H and O–H groups in total. The van der Waals surface area contributed by atoms with Crippen molar-refractivity contribution in [1.82, 2.24) is 9.88 Å². The second-order valence-corrected chi connectivity index (χ2v) is 11.1. The number of H-pyrrole nitrogens is 1. The third-order valence-corrected chi connectivity index (χ3v) is 8.60. The van der Waals surface area contributed by atoms with Crippen LogP contribution in [0.4, 0.5) is 5.69 Å². The first-order chi connectivity index (χ1) is 15.7. The fraction of sp³-hybridized carbons (Fsp3) is 0.333. The third kappa shape index (κ3) is 4.44. The van der Waals surface area contributed by atoms with Gasteiger partial charge in [-0.25, -0.2) is 8.42 Å². The van der Waals surface area contributed by atoms with Gasteiger partial charge in [-0.1, -0.05) is 22.9 Å². The highest BCUT2D eigenvalue weighted by molar-refractivity contribution is 9.10. The highest BCUT2D eigenvalue weighted by Gasteiger charge is 2.28. The smallest absolute Gasteiger partial charge is 0.264 e. The van der Waals surface area contributed by atoms with E-state index in [1.807, 2.05) is 6.92 Å². The second kappa shape index (κ2) is 9.30. The van der Waals surface area contributed by atoms with Crippen molar-refractivity contribution in [2.24, 2.45) is 0 Å². The number of halogens is 1. The van der Waals surface area contributed by atoms with Gasteiger partial charge in [0.15, 0.2) is 0 Å². The Balaban J connectivity index is 1.74. The van der Waals surface area contributed by atoms with Gasteiger partial charge in [0.25, 0.3) is 15.9 Å². The lowest BCUT2D eigenvalue weighted by Crippen LogP contribution is -2.44. The van der Waals surface area contributed by atoms with Crippen LogP contribution in [0.1, 0.15) is 43.0 Å². The van der Waals surface area contributed by atoms with Crippen LogP contribution in [-0.2, 0) is 10.0 Å². The van der Waals surface area contributed by atoms with E-state index in [0.29, 0.717) is 17.7 Å². The van der Waals surface area contributed by atoms with Crippen molar-refractivity contribution in [3.63, 3.8) is 0 Å². The Labute approximate surface area is 201 Å². The number of rotatable bonds is 5. The van der Waals surface area contributed by atoms with Gasteiger partial charge in [0.05, 0.1) is 10.6 Å². The highest BCUT2D eigenvalue weighted by Crippen LogP contribution is 2.26. The molecular weight excluding hydrogens is 506 g/mol. The molecule has 4 rings (SSSR count). The number of aromatic amines is 1. The predicted molar refractivity (Wildman–Crippen MR) is 133 cm³/mol. The van der Waals surface area contributed by atoms with E-state index in [1.165, 1.54) is 29.7 Å². The first-order valence-electron chi connectivity index (χ1n) is 10.9. The Morgan fingerprint density at radius 1 is 1.18 bits per heavy atom. The van der Waals surface area contributed by atoms with Crippen LogP contribution in [0.25, 0.3) is 10.9 Å². The number of likely N-dealkylation sites (tertiary alicyclic amines) is 1. The summed E-state index contributed by atoms with van der Waals surface area (Å²) in [6, 6.07) is 11.4. The molecule has 9 heteroatoms. The van der Waals surface area contributed by atoms with Crippen LogP contribution in [0.15, 0.2) is 62.8 Å². The Bertz CT molecular complexity index is 1350. The number of piperidine rings is 1. The van der Waals surface area contributed by atoms with Gasteiger partial charge in [-0.05, 0) is 68.1 Å². The lowest BCUT2D eigenvalue weighted by molar-refractivity contribution is 0.0606. The number of sulfonamides is 1. The second-order valence-electron chi connectivity index (χ2n) is 8.24. The molecule has 0 saturated carbocycles. The minimum absolute atomic E-state index is 0.0140. The number of nitrogens with one attached hydrogen (secondary N) is 1. The Morgan fingerprint density at radius 3 is 2.61 bits per heavy atom. The lowest BCUT2D eigenvalue weighted by Gasteiger charge is -2.35. The lowest BCUT2D eigenvalue weighted by atomic mass is 9.99. The monoisotopic (exact) mass is 531 g/mol. The van der Waals surface area contributed by atoms with Crippen molar-refractivity contribution in [1.29, 1.82) is 0 Å². The maximum atomic E-state index is 13.3. The van der Waals surface area contributed by atoms with Crippen LogP contribution >= 0.6 is 15.9 Å². The minimum Gasteiger partial charge on any atom is -0.360 e. The largest absolute Gasteiger partial charge is 0.360 e. The van der Waals surface area contributed by atoms with E-state index >= 15 is 0 Å². The Hall–Kier alpha value is -2.65. The van der Waals surface area contributed by atoms with E-state index in [2.05, 4.69) is 20.9 Å². The summed E-state index contributed by atoms with van der Waals surface area (Å²) >= 11 is 3.34. The summed E-state index contributed by atoms with van der Waals surface area (Å²) in [7, 11) is -2.44. The maximum absolute atomic E-state index is 13.3. The molecule has 174 valence electrons. The molecular formula is C24H26BrN3O4S. The molecule has 3 aromatic rings. The zero-order valence-corrected chi connectivity index (χ0v) is 20.9. The molecule has 1 fully saturated rings. The Morgan fingerprint density at radius 2 is 1.91 bits per heavy atom. The number of nitrogens with zero attached hydrogens (tertiary/aromatic N) is 2. The van der Waals surface area contributed by atoms with E-state index < -0.39 is 15.5 Å². The summed E-state index contributed by atoms with van der Waals surface area (Å²) < 4.78 is 28.5. The van der Waals surface area contributed by atoms with Gasteiger partial charge in [-0.15, -0.1) is 0 Å². The van der Waals surface area contributed by atoms with E-state index in [1.54, 1.807) is 35.2 Å². The van der Waals surface area contributed by atoms with Crippen molar-refractivity contribution < 1.29 is 13.2 Å². The molecule has 0 aliphatic carbocycles. The minimum atomic E-state index is -3.91. The number of hydrogen-bond donors (Lipinski definition) is 1. The average Bonchev–Trinajstić information content (AvgIpc) is 2.83. The molecule has 0 unspecified atom stereocenters. The Kier molecular flexibility index (Phi) is 6.63. The van der Waals surface area contributed by atoms with Crippen LogP contribution < -0.4 is 9.73 Å². The SMILES string of the molecule is CC[C@@H]1CCCCN1C(=O)c1c[nH]c2ccc(S(=O)(=O)N(C)c3ccc(Br)cc3)cc2c1=O. The van der Waals surface area contributed by atoms with Crippen molar-refractivity contribution >= 4 is 48.5 Å². The van der Waals surface area contributed by atoms with Gasteiger partial charge in [-0.3, -0.25) is 13.9 Å². The van der Waals surface area contributed by atoms with E-state index in [9.17, 15) is 18.0 Å². The zero-order chi connectivity index (χ0) is 23.8.